The zero-order valence-corrected chi connectivity index (χ0v) is 8.59. The molecule has 0 unspecified atom stereocenters. The van der Waals surface area contributed by atoms with Gasteiger partial charge in [0.1, 0.15) is 5.78 Å². The Morgan fingerprint density at radius 3 is 1.79 bits per heavy atom. The van der Waals surface area contributed by atoms with Crippen LogP contribution in [-0.4, -0.2) is 22.6 Å². The molecule has 0 aromatic heterocycles. The van der Waals surface area contributed by atoms with Gasteiger partial charge in [0.2, 0.25) is 0 Å². The Morgan fingerprint density at radius 2 is 1.50 bits per heavy atom. The Hall–Kier alpha value is -1.45. The fraction of sp³-hybridized carbons (Fsp3) is 0.500. The third kappa shape index (κ3) is 3.98. The van der Waals surface area contributed by atoms with Gasteiger partial charge in [0.05, 0.1) is 0 Å². The van der Waals surface area contributed by atoms with Gasteiger partial charge in [0, 0.05) is 17.6 Å². The lowest BCUT2D eigenvalue weighted by molar-refractivity contribution is -0.133. The van der Waals surface area contributed by atoms with E-state index in [9.17, 15) is 14.4 Å². The van der Waals surface area contributed by atoms with Crippen molar-refractivity contribution in [1.29, 1.82) is 0 Å². The summed E-state index contributed by atoms with van der Waals surface area (Å²) >= 11 is 0. The molecule has 0 aliphatic carbocycles. The first-order valence-corrected chi connectivity index (χ1v) is 4.29. The molecule has 0 heterocycles. The number of carbonyl (C=O) groups is 3. The standard InChI is InChI=1S/C10H14O4/c1-6(11)4-5-9(8(3)12)7(2)10(13)14/h4-5H2,1-3H3,(H,13,14)/b9-7-. The summed E-state index contributed by atoms with van der Waals surface area (Å²) in [5, 5.41) is 8.67. The minimum atomic E-state index is -1.11. The molecule has 0 amide bonds. The lowest BCUT2D eigenvalue weighted by atomic mass is 10.00. The third-order valence-corrected chi connectivity index (χ3v) is 1.93. The van der Waals surface area contributed by atoms with E-state index in [1.54, 1.807) is 0 Å². The molecule has 0 rings (SSSR count). The Morgan fingerprint density at radius 1 is 1.00 bits per heavy atom. The largest absolute Gasteiger partial charge is 0.478 e. The van der Waals surface area contributed by atoms with Crippen LogP contribution in [0.2, 0.25) is 0 Å². The van der Waals surface area contributed by atoms with E-state index >= 15 is 0 Å². The normalized spacial score (nSPS) is 11.9. The molecule has 0 aromatic carbocycles. The van der Waals surface area contributed by atoms with E-state index in [-0.39, 0.29) is 35.6 Å². The molecular weight excluding hydrogens is 184 g/mol. The Balaban J connectivity index is 4.77. The van der Waals surface area contributed by atoms with Crippen LogP contribution in [-0.2, 0) is 14.4 Å². The van der Waals surface area contributed by atoms with Gasteiger partial charge in [-0.1, -0.05) is 0 Å². The number of hydrogen-bond donors (Lipinski definition) is 1. The van der Waals surface area contributed by atoms with Crippen LogP contribution in [0.3, 0.4) is 0 Å². The summed E-state index contributed by atoms with van der Waals surface area (Å²) in [6, 6.07) is 0. The van der Waals surface area contributed by atoms with Gasteiger partial charge < -0.3 is 9.90 Å². The van der Waals surface area contributed by atoms with Crippen molar-refractivity contribution in [3.8, 4) is 0 Å². The number of hydrogen-bond acceptors (Lipinski definition) is 3. The second-order valence-electron chi connectivity index (χ2n) is 3.17. The van der Waals surface area contributed by atoms with Crippen LogP contribution in [0.4, 0.5) is 0 Å². The maximum Gasteiger partial charge on any atom is 0.331 e. The van der Waals surface area contributed by atoms with Crippen molar-refractivity contribution < 1.29 is 19.5 Å². The average Bonchev–Trinajstić information content (AvgIpc) is 2.02. The summed E-state index contributed by atoms with van der Waals surface area (Å²) in [5.41, 5.74) is 0.256. The molecule has 0 aliphatic heterocycles. The van der Waals surface area contributed by atoms with Gasteiger partial charge in [-0.2, -0.15) is 0 Å². The molecule has 4 nitrogen and oxygen atoms in total. The van der Waals surface area contributed by atoms with Crippen molar-refractivity contribution in [2.75, 3.05) is 0 Å². The van der Waals surface area contributed by atoms with E-state index < -0.39 is 5.97 Å². The molecule has 1 N–H and O–H groups in total. The Bertz CT molecular complexity index is 299. The second kappa shape index (κ2) is 5.32. The van der Waals surface area contributed by atoms with Crippen LogP contribution >= 0.6 is 0 Å². The molecule has 0 saturated carbocycles. The summed E-state index contributed by atoms with van der Waals surface area (Å²) in [4.78, 5) is 32.3. The first-order chi connectivity index (χ1) is 6.36. The fourth-order valence-corrected chi connectivity index (χ4v) is 1.06. The maximum atomic E-state index is 11.1. The van der Waals surface area contributed by atoms with Crippen molar-refractivity contribution in [3.05, 3.63) is 11.1 Å². The maximum absolute atomic E-state index is 11.1. The molecule has 0 fully saturated rings. The average molecular weight is 198 g/mol. The quantitative estimate of drug-likeness (QED) is 0.677. The predicted molar refractivity (Wildman–Crippen MR) is 50.9 cm³/mol. The summed E-state index contributed by atoms with van der Waals surface area (Å²) in [6.45, 7) is 4.09. The number of ketones is 2. The summed E-state index contributed by atoms with van der Waals surface area (Å²) in [5.74, 6) is -1.45. The van der Waals surface area contributed by atoms with Crippen LogP contribution in [0.1, 0.15) is 33.6 Å². The highest BCUT2D eigenvalue weighted by molar-refractivity contribution is 6.02. The number of aliphatic carboxylic acids is 1. The molecule has 0 saturated heterocycles. The number of carbonyl (C=O) groups excluding carboxylic acids is 2. The van der Waals surface area contributed by atoms with Crippen molar-refractivity contribution in [2.24, 2.45) is 0 Å². The van der Waals surface area contributed by atoms with Crippen molar-refractivity contribution >= 4 is 17.5 Å². The van der Waals surface area contributed by atoms with Crippen LogP contribution in [0.25, 0.3) is 0 Å². The van der Waals surface area contributed by atoms with E-state index in [0.29, 0.717) is 0 Å². The number of rotatable bonds is 5. The molecule has 0 aliphatic rings. The smallest absolute Gasteiger partial charge is 0.331 e. The SMILES string of the molecule is CC(=O)CC/C(C(C)=O)=C(\C)C(=O)O. The molecule has 4 heteroatoms. The van der Waals surface area contributed by atoms with Crippen molar-refractivity contribution in [1.82, 2.24) is 0 Å². The Labute approximate surface area is 82.6 Å². The summed E-state index contributed by atoms with van der Waals surface area (Å²) in [7, 11) is 0. The van der Waals surface area contributed by atoms with Gasteiger partial charge in [-0.3, -0.25) is 4.79 Å². The summed E-state index contributed by atoms with van der Waals surface area (Å²) < 4.78 is 0. The third-order valence-electron chi connectivity index (χ3n) is 1.93. The van der Waals surface area contributed by atoms with E-state index in [1.165, 1.54) is 20.8 Å². The van der Waals surface area contributed by atoms with E-state index in [0.717, 1.165) is 0 Å². The zero-order chi connectivity index (χ0) is 11.3. The molecule has 0 atom stereocenters. The van der Waals surface area contributed by atoms with Gasteiger partial charge in [-0.25, -0.2) is 4.79 Å². The molecule has 0 radical (unpaired) electrons. The van der Waals surface area contributed by atoms with E-state index in [4.69, 9.17) is 5.11 Å². The molecule has 0 aromatic rings. The zero-order valence-electron chi connectivity index (χ0n) is 8.59. The monoisotopic (exact) mass is 198 g/mol. The number of allylic oxidation sites excluding steroid dienone is 1. The molecule has 0 spiro atoms. The summed E-state index contributed by atoms with van der Waals surface area (Å²) in [6.07, 6.45) is 0.419. The minimum Gasteiger partial charge on any atom is -0.478 e. The van der Waals surface area contributed by atoms with Crippen molar-refractivity contribution in [2.45, 2.75) is 33.6 Å². The molecule has 14 heavy (non-hydrogen) atoms. The van der Waals surface area contributed by atoms with Crippen LogP contribution in [0.15, 0.2) is 11.1 Å². The van der Waals surface area contributed by atoms with Crippen LogP contribution in [0.5, 0.6) is 0 Å². The van der Waals surface area contributed by atoms with Gasteiger partial charge in [-0.15, -0.1) is 0 Å². The fourth-order valence-electron chi connectivity index (χ4n) is 1.06. The predicted octanol–water partition coefficient (Wildman–Crippen LogP) is 1.35. The number of carboxylic acid groups (broad SMARTS) is 1. The van der Waals surface area contributed by atoms with Crippen molar-refractivity contribution in [3.63, 3.8) is 0 Å². The Kier molecular flexibility index (Phi) is 4.77. The minimum absolute atomic E-state index is 0.0266. The second-order valence-corrected chi connectivity index (χ2v) is 3.17. The molecule has 78 valence electrons. The van der Waals surface area contributed by atoms with E-state index in [2.05, 4.69) is 0 Å². The van der Waals surface area contributed by atoms with Gasteiger partial charge in [-0.05, 0) is 27.2 Å². The number of carboxylic acids is 1. The highest BCUT2D eigenvalue weighted by Crippen LogP contribution is 2.13. The lowest BCUT2D eigenvalue weighted by Crippen LogP contribution is -2.08. The van der Waals surface area contributed by atoms with E-state index in [1.807, 2.05) is 0 Å². The first kappa shape index (κ1) is 12.6. The van der Waals surface area contributed by atoms with Gasteiger partial charge >= 0.3 is 5.97 Å². The van der Waals surface area contributed by atoms with Crippen LogP contribution in [0, 0.1) is 0 Å². The molecular formula is C10H14O4. The highest BCUT2D eigenvalue weighted by Gasteiger charge is 2.13. The molecule has 0 bridgehead atoms. The number of Topliss-reactive ketones (excluding diaryl/α,β-unsaturated/α-hetero) is 2. The first-order valence-electron chi connectivity index (χ1n) is 4.29. The highest BCUT2D eigenvalue weighted by atomic mass is 16.4. The topological polar surface area (TPSA) is 71.4 Å². The van der Waals surface area contributed by atoms with Crippen LogP contribution < -0.4 is 0 Å². The van der Waals surface area contributed by atoms with Gasteiger partial charge in [0.15, 0.2) is 5.78 Å². The lowest BCUT2D eigenvalue weighted by Gasteiger charge is -2.04. The van der Waals surface area contributed by atoms with Gasteiger partial charge in [0.25, 0.3) is 0 Å².